The molecule has 179 valence electrons. The third-order valence-corrected chi connectivity index (χ3v) is 6.42. The second-order valence-corrected chi connectivity index (χ2v) is 8.82. The number of aromatic nitrogens is 1. The van der Waals surface area contributed by atoms with E-state index in [1.165, 1.54) is 38.9 Å². The van der Waals surface area contributed by atoms with Crippen molar-refractivity contribution in [3.8, 4) is 55.8 Å². The first-order valence-corrected chi connectivity index (χ1v) is 12.1. The second kappa shape index (κ2) is 11.3. The largest absolute Gasteiger partial charge is 0.305 e. The molecule has 0 atom stereocenters. The van der Waals surface area contributed by atoms with Gasteiger partial charge in [-0.3, -0.25) is 0 Å². The standard InChI is InChI=1S/C35H24N.Ir/c1-3-11-26(12-4-1)32-23-33(27-13-5-2-6-14-27)25-34(24-32)30-17-9-15-28(21-30)29-16-10-18-31(22-29)35-19-7-8-20-36-35;/h1-17,19-25H;/q-1;. The summed E-state index contributed by atoms with van der Waals surface area (Å²) in [6.07, 6.45) is 1.82. The molecule has 6 rings (SSSR count). The minimum atomic E-state index is 0. The van der Waals surface area contributed by atoms with Crippen LogP contribution in [0.5, 0.6) is 0 Å². The molecule has 1 radical (unpaired) electrons. The maximum Gasteiger partial charge on any atom is 0.0160 e. The maximum absolute atomic E-state index is 4.49. The number of hydrogen-bond donors (Lipinski definition) is 0. The van der Waals surface area contributed by atoms with E-state index in [4.69, 9.17) is 0 Å². The van der Waals surface area contributed by atoms with Crippen molar-refractivity contribution in [2.75, 3.05) is 0 Å². The Balaban J connectivity index is 0.00000280. The molecule has 0 aliphatic heterocycles. The van der Waals surface area contributed by atoms with E-state index >= 15 is 0 Å². The van der Waals surface area contributed by atoms with Crippen LogP contribution in [0.3, 0.4) is 0 Å². The van der Waals surface area contributed by atoms with Gasteiger partial charge in [-0.1, -0.05) is 91.0 Å². The maximum atomic E-state index is 4.49. The Bertz CT molecular complexity index is 1550. The molecular formula is C35H24IrN-. The van der Waals surface area contributed by atoms with Gasteiger partial charge in [0, 0.05) is 26.3 Å². The van der Waals surface area contributed by atoms with E-state index in [0.717, 1.165) is 16.8 Å². The molecular weight excluding hydrogens is 627 g/mol. The van der Waals surface area contributed by atoms with Gasteiger partial charge in [-0.15, -0.1) is 35.4 Å². The van der Waals surface area contributed by atoms with Crippen LogP contribution in [-0.4, -0.2) is 4.98 Å². The molecule has 37 heavy (non-hydrogen) atoms. The Morgan fingerprint density at radius 2 is 0.892 bits per heavy atom. The summed E-state index contributed by atoms with van der Waals surface area (Å²) >= 11 is 0. The fourth-order valence-electron chi connectivity index (χ4n) is 4.58. The molecule has 0 amide bonds. The second-order valence-electron chi connectivity index (χ2n) is 8.82. The molecule has 0 bridgehead atoms. The van der Waals surface area contributed by atoms with Crippen molar-refractivity contribution in [1.29, 1.82) is 0 Å². The molecule has 6 aromatic rings. The Hall–Kier alpha value is -4.10. The fourth-order valence-corrected chi connectivity index (χ4v) is 4.58. The van der Waals surface area contributed by atoms with Crippen LogP contribution < -0.4 is 0 Å². The van der Waals surface area contributed by atoms with Crippen molar-refractivity contribution in [3.63, 3.8) is 0 Å². The van der Waals surface area contributed by atoms with Crippen LogP contribution in [-0.2, 0) is 20.1 Å². The van der Waals surface area contributed by atoms with Gasteiger partial charge in [0.25, 0.3) is 0 Å². The summed E-state index contributed by atoms with van der Waals surface area (Å²) in [6, 6.07) is 52.4. The van der Waals surface area contributed by atoms with E-state index in [-0.39, 0.29) is 20.1 Å². The SMILES string of the molecule is [Ir].[c-]1ccc(-c2cccc(-c3cc(-c4ccccc4)cc(-c4ccccc4)c3)c2)cc1-c1ccccn1. The van der Waals surface area contributed by atoms with Gasteiger partial charge >= 0.3 is 0 Å². The molecule has 0 spiro atoms. The number of pyridine rings is 1. The summed E-state index contributed by atoms with van der Waals surface area (Å²) in [4.78, 5) is 4.49. The van der Waals surface area contributed by atoms with Gasteiger partial charge in [-0.2, -0.15) is 0 Å². The van der Waals surface area contributed by atoms with Crippen LogP contribution in [0.2, 0.25) is 0 Å². The van der Waals surface area contributed by atoms with Crippen molar-refractivity contribution in [3.05, 3.63) is 152 Å². The van der Waals surface area contributed by atoms with E-state index in [1.807, 2.05) is 30.5 Å². The van der Waals surface area contributed by atoms with E-state index in [0.29, 0.717) is 0 Å². The first kappa shape index (κ1) is 24.6. The molecule has 1 heterocycles. The monoisotopic (exact) mass is 651 g/mol. The zero-order valence-corrected chi connectivity index (χ0v) is 22.5. The predicted octanol–water partition coefficient (Wildman–Crippen LogP) is 9.21. The molecule has 0 aliphatic carbocycles. The predicted molar refractivity (Wildman–Crippen MR) is 150 cm³/mol. The van der Waals surface area contributed by atoms with Gasteiger partial charge in [0.15, 0.2) is 0 Å². The molecule has 0 N–H and O–H groups in total. The average molecular weight is 651 g/mol. The van der Waals surface area contributed by atoms with Crippen LogP contribution in [0.25, 0.3) is 55.8 Å². The first-order chi connectivity index (χ1) is 17.8. The summed E-state index contributed by atoms with van der Waals surface area (Å²) in [5.41, 5.74) is 11.5. The third-order valence-electron chi connectivity index (χ3n) is 6.42. The van der Waals surface area contributed by atoms with Gasteiger partial charge in [0.1, 0.15) is 0 Å². The molecule has 2 heteroatoms. The molecule has 0 aliphatic rings. The van der Waals surface area contributed by atoms with Crippen LogP contribution in [0, 0.1) is 6.07 Å². The van der Waals surface area contributed by atoms with Crippen molar-refractivity contribution < 1.29 is 20.1 Å². The number of rotatable bonds is 5. The Kier molecular flexibility index (Phi) is 7.51. The van der Waals surface area contributed by atoms with Crippen molar-refractivity contribution in [2.45, 2.75) is 0 Å². The van der Waals surface area contributed by atoms with Gasteiger partial charge in [0.2, 0.25) is 0 Å². The molecule has 1 nitrogen and oxygen atoms in total. The quantitative estimate of drug-likeness (QED) is 0.170. The average Bonchev–Trinajstić information content (AvgIpc) is 2.98. The Labute approximate surface area is 231 Å². The van der Waals surface area contributed by atoms with Crippen LogP contribution in [0.4, 0.5) is 0 Å². The minimum absolute atomic E-state index is 0. The summed E-state index contributed by atoms with van der Waals surface area (Å²) in [5.74, 6) is 0. The number of nitrogens with zero attached hydrogens (tertiary/aromatic N) is 1. The van der Waals surface area contributed by atoms with Gasteiger partial charge in [-0.25, -0.2) is 0 Å². The van der Waals surface area contributed by atoms with Crippen LogP contribution >= 0.6 is 0 Å². The number of benzene rings is 5. The van der Waals surface area contributed by atoms with Gasteiger partial charge in [-0.05, 0) is 75.0 Å². The molecule has 1 aromatic heterocycles. The molecule has 0 unspecified atom stereocenters. The molecule has 0 fully saturated rings. The van der Waals surface area contributed by atoms with Gasteiger partial charge < -0.3 is 4.98 Å². The van der Waals surface area contributed by atoms with Gasteiger partial charge in [0.05, 0.1) is 0 Å². The van der Waals surface area contributed by atoms with Crippen molar-refractivity contribution in [1.82, 2.24) is 4.98 Å². The minimum Gasteiger partial charge on any atom is -0.305 e. The van der Waals surface area contributed by atoms with E-state index in [1.54, 1.807) is 0 Å². The summed E-state index contributed by atoms with van der Waals surface area (Å²) in [7, 11) is 0. The molecule has 0 saturated heterocycles. The molecule has 0 saturated carbocycles. The topological polar surface area (TPSA) is 12.9 Å². The summed E-state index contributed by atoms with van der Waals surface area (Å²) in [6.45, 7) is 0. The first-order valence-electron chi connectivity index (χ1n) is 12.1. The zero-order chi connectivity index (χ0) is 24.2. The van der Waals surface area contributed by atoms with Crippen LogP contribution in [0.15, 0.2) is 146 Å². The van der Waals surface area contributed by atoms with E-state index in [9.17, 15) is 0 Å². The Morgan fingerprint density at radius 3 is 1.49 bits per heavy atom. The van der Waals surface area contributed by atoms with Crippen molar-refractivity contribution >= 4 is 0 Å². The fraction of sp³-hybridized carbons (Fsp3) is 0. The van der Waals surface area contributed by atoms with E-state index in [2.05, 4.69) is 126 Å². The summed E-state index contributed by atoms with van der Waals surface area (Å²) < 4.78 is 0. The summed E-state index contributed by atoms with van der Waals surface area (Å²) in [5, 5.41) is 0. The Morgan fingerprint density at radius 1 is 0.405 bits per heavy atom. The zero-order valence-electron chi connectivity index (χ0n) is 20.1. The number of hydrogen-bond acceptors (Lipinski definition) is 1. The smallest absolute Gasteiger partial charge is 0.0160 e. The van der Waals surface area contributed by atoms with Crippen LogP contribution in [0.1, 0.15) is 0 Å². The normalized spacial score (nSPS) is 10.5. The molecule has 5 aromatic carbocycles. The van der Waals surface area contributed by atoms with E-state index < -0.39 is 0 Å². The van der Waals surface area contributed by atoms with Crippen molar-refractivity contribution in [2.24, 2.45) is 0 Å². The third kappa shape index (κ3) is 5.52.